The summed E-state index contributed by atoms with van der Waals surface area (Å²) in [4.78, 5) is 27.1. The maximum absolute atomic E-state index is 12.4. The molecule has 0 radical (unpaired) electrons. The smallest absolute Gasteiger partial charge is 0.394 e. The molecule has 284 valence electrons. The van der Waals surface area contributed by atoms with Crippen LogP contribution in [0, 0.1) is 0 Å². The highest BCUT2D eigenvalue weighted by Gasteiger charge is 2.40. The molecule has 6 rings (SSSR count). The van der Waals surface area contributed by atoms with Crippen molar-refractivity contribution in [2.24, 2.45) is 0 Å². The van der Waals surface area contributed by atoms with Crippen molar-refractivity contribution in [2.75, 3.05) is 7.05 Å². The van der Waals surface area contributed by atoms with E-state index in [2.05, 4.69) is 72.6 Å². The molecular formula is C41H48ClNO9S. The number of esters is 1. The molecule has 0 aliphatic carbocycles. The van der Waals surface area contributed by atoms with Gasteiger partial charge >= 0.3 is 16.4 Å². The van der Waals surface area contributed by atoms with Gasteiger partial charge in [-0.3, -0.25) is 13.9 Å². The minimum Gasteiger partial charge on any atom is -0.476 e. The Bertz CT molecular complexity index is 1810. The van der Waals surface area contributed by atoms with Gasteiger partial charge in [0.15, 0.2) is 11.4 Å². The van der Waals surface area contributed by atoms with Gasteiger partial charge in [0.1, 0.15) is 11.9 Å². The van der Waals surface area contributed by atoms with Crippen LogP contribution in [0.2, 0.25) is 5.02 Å². The van der Waals surface area contributed by atoms with E-state index in [1.54, 1.807) is 76.2 Å². The van der Waals surface area contributed by atoms with Gasteiger partial charge < -0.3 is 19.1 Å². The lowest BCUT2D eigenvalue weighted by Gasteiger charge is -2.38. The van der Waals surface area contributed by atoms with E-state index in [0.717, 1.165) is 0 Å². The van der Waals surface area contributed by atoms with E-state index in [-0.39, 0.29) is 18.0 Å². The van der Waals surface area contributed by atoms with Crippen molar-refractivity contribution in [3.63, 3.8) is 0 Å². The predicted octanol–water partition coefficient (Wildman–Crippen LogP) is 8.45. The molecule has 10 nitrogen and oxygen atoms in total. The second-order valence-corrected chi connectivity index (χ2v) is 15.2. The lowest BCUT2D eigenvalue weighted by Crippen LogP contribution is -2.43. The summed E-state index contributed by atoms with van der Waals surface area (Å²) in [6, 6.07) is 36.1. The first-order valence-corrected chi connectivity index (χ1v) is 19.2. The maximum Gasteiger partial charge on any atom is 0.394 e. The Morgan fingerprint density at radius 2 is 1.21 bits per heavy atom. The summed E-state index contributed by atoms with van der Waals surface area (Å²) in [5, 5.41) is 0.579. The molecule has 12 heteroatoms. The molecule has 4 aromatic carbocycles. The number of halogens is 1. The maximum atomic E-state index is 12.4. The Kier molecular flexibility index (Phi) is 14.8. The lowest BCUT2D eigenvalue weighted by atomic mass is 9.97. The van der Waals surface area contributed by atoms with Crippen LogP contribution >= 0.6 is 11.6 Å². The molecular weight excluding hydrogens is 718 g/mol. The van der Waals surface area contributed by atoms with Crippen LogP contribution in [-0.2, 0) is 24.7 Å². The molecule has 53 heavy (non-hydrogen) atoms. The summed E-state index contributed by atoms with van der Waals surface area (Å²) >= 11 is 5.84. The van der Waals surface area contributed by atoms with Gasteiger partial charge in [0.2, 0.25) is 0 Å². The Morgan fingerprint density at radius 1 is 0.774 bits per heavy atom. The van der Waals surface area contributed by atoms with Crippen LogP contribution in [0.3, 0.4) is 0 Å². The molecule has 0 spiro atoms. The van der Waals surface area contributed by atoms with Gasteiger partial charge in [0.25, 0.3) is 0 Å². The van der Waals surface area contributed by atoms with E-state index in [0.29, 0.717) is 40.1 Å². The Labute approximate surface area is 317 Å². The molecule has 2 heterocycles. The number of hydrogen-bond donors (Lipinski definition) is 2. The van der Waals surface area contributed by atoms with E-state index < -0.39 is 22.0 Å². The first-order chi connectivity index (χ1) is 25.0. The minimum atomic E-state index is -4.67. The van der Waals surface area contributed by atoms with Crippen molar-refractivity contribution in [1.82, 2.24) is 4.90 Å². The summed E-state index contributed by atoms with van der Waals surface area (Å²) in [5.41, 5.74) is 2.47. The fourth-order valence-electron chi connectivity index (χ4n) is 6.40. The number of ketones is 1. The van der Waals surface area contributed by atoms with Gasteiger partial charge in [-0.2, -0.15) is 8.42 Å². The monoisotopic (exact) mass is 765 g/mol. The average molecular weight is 766 g/mol. The zero-order valence-electron chi connectivity index (χ0n) is 30.6. The van der Waals surface area contributed by atoms with Crippen LogP contribution < -0.4 is 4.74 Å². The number of nitrogens with zero attached hydrogens (tertiary/aromatic N) is 1. The van der Waals surface area contributed by atoms with Crippen molar-refractivity contribution in [3.8, 4) is 5.75 Å². The molecule has 0 amide bonds. The Morgan fingerprint density at radius 3 is 1.64 bits per heavy atom. The van der Waals surface area contributed by atoms with Crippen molar-refractivity contribution in [2.45, 2.75) is 89.4 Å². The minimum absolute atomic E-state index is 0.0465. The summed E-state index contributed by atoms with van der Waals surface area (Å²) in [6.45, 7) is 6.85. The van der Waals surface area contributed by atoms with Crippen molar-refractivity contribution < 1.29 is 41.3 Å². The fraction of sp³-hybridized carbons (Fsp3) is 0.366. The van der Waals surface area contributed by atoms with Crippen LogP contribution in [0.5, 0.6) is 5.75 Å². The van der Waals surface area contributed by atoms with Crippen LogP contribution in [0.1, 0.15) is 86.5 Å². The molecule has 0 aromatic heterocycles. The van der Waals surface area contributed by atoms with Crippen molar-refractivity contribution in [3.05, 3.63) is 136 Å². The van der Waals surface area contributed by atoms with Crippen molar-refractivity contribution >= 4 is 33.8 Å². The standard InChI is InChI=1S/C21H25NO.C20H21ClO4.H2O4S/c1-22-18-12-13-19(22)15-20(14-18)23-21(16-8-4-2-5-9-16)17-10-6-3-7-11-17;1-13(2)24-19(23)20(3,4)25-17-11-7-15(8-12-17)18(22)14-5-9-16(21)10-6-14;1-5(2,3)4/h2-11,18-21H,12-15H2,1H3;5-13H,1-4H3;(H2,1,2,3,4). The summed E-state index contributed by atoms with van der Waals surface area (Å²) in [7, 11) is -2.38. The molecule has 2 fully saturated rings. The number of carbonyl (C=O) groups is 2. The Hall–Kier alpha value is -4.10. The molecule has 2 N–H and O–H groups in total. The number of carbonyl (C=O) groups excluding carboxylic acids is 2. The van der Waals surface area contributed by atoms with E-state index in [4.69, 9.17) is 43.3 Å². The number of piperidine rings is 1. The molecule has 2 saturated heterocycles. The average Bonchev–Trinajstić information content (AvgIpc) is 3.30. The number of ether oxygens (including phenoxy) is 3. The van der Waals surface area contributed by atoms with Gasteiger partial charge in [-0.05, 0) is 120 Å². The molecule has 2 atom stereocenters. The molecule has 2 aliphatic heterocycles. The lowest BCUT2D eigenvalue weighted by molar-refractivity contribution is -0.163. The van der Waals surface area contributed by atoms with E-state index >= 15 is 0 Å². The molecule has 2 aliphatic rings. The number of rotatable bonds is 10. The Balaban J connectivity index is 0.000000210. The van der Waals surface area contributed by atoms with E-state index in [9.17, 15) is 9.59 Å². The third-order valence-electron chi connectivity index (χ3n) is 9.02. The van der Waals surface area contributed by atoms with Crippen LogP contribution in [0.4, 0.5) is 0 Å². The summed E-state index contributed by atoms with van der Waals surface area (Å²) in [6.07, 6.45) is 5.21. The van der Waals surface area contributed by atoms with Crippen LogP contribution in [-0.4, -0.2) is 71.1 Å². The zero-order chi connectivity index (χ0) is 38.8. The van der Waals surface area contributed by atoms with Gasteiger partial charge in [0, 0.05) is 28.2 Å². The highest BCUT2D eigenvalue weighted by molar-refractivity contribution is 7.79. The van der Waals surface area contributed by atoms with E-state index in [1.807, 2.05) is 0 Å². The van der Waals surface area contributed by atoms with E-state index in [1.165, 1.54) is 36.8 Å². The predicted molar refractivity (Wildman–Crippen MR) is 205 cm³/mol. The topological polar surface area (TPSA) is 140 Å². The van der Waals surface area contributed by atoms with Crippen LogP contribution in [0.15, 0.2) is 109 Å². The number of benzene rings is 4. The molecule has 0 saturated carbocycles. The van der Waals surface area contributed by atoms with Gasteiger partial charge in [-0.15, -0.1) is 0 Å². The highest BCUT2D eigenvalue weighted by Crippen LogP contribution is 2.38. The van der Waals surface area contributed by atoms with Crippen LogP contribution in [0.25, 0.3) is 0 Å². The second-order valence-electron chi connectivity index (χ2n) is 13.9. The SMILES string of the molecule is CC(C)OC(=O)C(C)(C)Oc1ccc(C(=O)c2ccc(Cl)cc2)cc1.CN1C2CCC1CC(OC(c1ccccc1)c1ccccc1)C2.O=S(=O)(O)O. The van der Waals surface area contributed by atoms with Gasteiger partial charge in [-0.25, -0.2) is 4.79 Å². The quantitative estimate of drug-likeness (QED) is 0.0919. The fourth-order valence-corrected chi connectivity index (χ4v) is 6.53. The molecule has 2 unspecified atom stereocenters. The highest BCUT2D eigenvalue weighted by atomic mass is 35.5. The van der Waals surface area contributed by atoms with Crippen molar-refractivity contribution in [1.29, 1.82) is 0 Å². The second kappa shape index (κ2) is 18.8. The first-order valence-electron chi connectivity index (χ1n) is 17.5. The molecule has 4 aromatic rings. The van der Waals surface area contributed by atoms with Gasteiger partial charge in [0.05, 0.1) is 12.2 Å². The van der Waals surface area contributed by atoms with Gasteiger partial charge in [-0.1, -0.05) is 72.3 Å². The number of fused-ring (bicyclic) bond motifs is 2. The third kappa shape index (κ3) is 13.1. The third-order valence-corrected chi connectivity index (χ3v) is 9.27. The number of hydrogen-bond acceptors (Lipinski definition) is 8. The first kappa shape index (κ1) is 41.7. The zero-order valence-corrected chi connectivity index (χ0v) is 32.2. The largest absolute Gasteiger partial charge is 0.476 e. The normalized spacial score (nSPS) is 18.3. The molecule has 2 bridgehead atoms. The summed E-state index contributed by atoms with van der Waals surface area (Å²) < 4.78 is 49.2. The summed E-state index contributed by atoms with van der Waals surface area (Å²) in [5.74, 6) is -0.0659.